The Morgan fingerprint density at radius 3 is 2.76 bits per heavy atom. The van der Waals surface area contributed by atoms with Crippen LogP contribution in [0.4, 0.5) is 27.8 Å². The summed E-state index contributed by atoms with van der Waals surface area (Å²) in [5.41, 5.74) is -2.23. The van der Waals surface area contributed by atoms with Crippen molar-refractivity contribution in [3.05, 3.63) is 18.1 Å². The number of rotatable bonds is 7. The van der Waals surface area contributed by atoms with Crippen LogP contribution in [-0.2, 0) is 20.4 Å². The van der Waals surface area contributed by atoms with Crippen molar-refractivity contribution in [3.8, 4) is 0 Å². The van der Waals surface area contributed by atoms with Crippen molar-refractivity contribution in [2.75, 3.05) is 38.3 Å². The zero-order valence-corrected chi connectivity index (χ0v) is 20.6. The SMILES string of the molecule is CO[C@@H]1COCC[C@@H]1N[C@@H]1CC[C@](CC(F)F)(C(=O)N2C[C@@H]3C[C@H]2CN3c2cncc(C(F)(F)F)n2)C1. The van der Waals surface area contributed by atoms with Crippen LogP contribution < -0.4 is 10.2 Å². The van der Waals surface area contributed by atoms with Crippen molar-refractivity contribution in [1.82, 2.24) is 20.2 Å². The molecule has 4 aliphatic rings. The fraction of sp³-hybridized carbons (Fsp3) is 0.792. The molecule has 4 heterocycles. The van der Waals surface area contributed by atoms with Crippen molar-refractivity contribution in [3.63, 3.8) is 0 Å². The van der Waals surface area contributed by atoms with E-state index < -0.39 is 30.1 Å². The first kappa shape index (κ1) is 26.5. The molecular weight excluding hydrogens is 501 g/mol. The lowest BCUT2D eigenvalue weighted by Crippen LogP contribution is -2.54. The van der Waals surface area contributed by atoms with Gasteiger partial charge in [0.25, 0.3) is 0 Å². The number of likely N-dealkylation sites (tertiary alicyclic amines) is 1. The number of nitrogens with zero attached hydrogens (tertiary/aromatic N) is 4. The molecular formula is C24H32F5N5O3. The standard InChI is InChI=1S/C24H32F5N5O3/c1-36-18-13-37-5-3-17(18)31-14-2-4-23(7-14,8-20(25)26)22(35)34-12-15-6-16(34)11-33(15)21-10-30-9-19(32-21)24(27,28)29/h9-10,14-18,20,31H,2-8,11-13H2,1H3/t14-,15+,16+,17+,18-,23+/m1/s1. The van der Waals surface area contributed by atoms with Gasteiger partial charge in [0.05, 0.1) is 42.6 Å². The monoisotopic (exact) mass is 533 g/mol. The molecule has 1 aromatic rings. The number of ether oxygens (including phenoxy) is 2. The van der Waals surface area contributed by atoms with E-state index in [9.17, 15) is 26.7 Å². The van der Waals surface area contributed by atoms with Gasteiger partial charge in [0, 0.05) is 45.3 Å². The molecule has 1 amide bonds. The van der Waals surface area contributed by atoms with E-state index >= 15 is 0 Å². The summed E-state index contributed by atoms with van der Waals surface area (Å²) in [6, 6.07) is -0.537. The maximum atomic E-state index is 13.8. The molecule has 206 valence electrons. The largest absolute Gasteiger partial charge is 0.434 e. The number of hydrogen-bond donors (Lipinski definition) is 1. The Hall–Kier alpha value is -2.12. The van der Waals surface area contributed by atoms with Gasteiger partial charge in [-0.15, -0.1) is 0 Å². The normalized spacial score (nSPS) is 34.1. The number of halogens is 5. The predicted molar refractivity (Wildman–Crippen MR) is 122 cm³/mol. The number of carbonyl (C=O) groups excluding carboxylic acids is 1. The van der Waals surface area contributed by atoms with Gasteiger partial charge in [-0.1, -0.05) is 0 Å². The van der Waals surface area contributed by atoms with Crippen LogP contribution in [0.2, 0.25) is 0 Å². The average Bonchev–Trinajstić information content (AvgIpc) is 3.58. The third-order valence-electron chi connectivity index (χ3n) is 8.37. The summed E-state index contributed by atoms with van der Waals surface area (Å²) in [5.74, 6) is -0.152. The highest BCUT2D eigenvalue weighted by Gasteiger charge is 2.54. The Labute approximate surface area is 211 Å². The van der Waals surface area contributed by atoms with Crippen molar-refractivity contribution >= 4 is 11.7 Å². The number of fused-ring (bicyclic) bond motifs is 2. The number of carbonyl (C=O) groups is 1. The van der Waals surface area contributed by atoms with Gasteiger partial charge in [-0.05, 0) is 32.1 Å². The summed E-state index contributed by atoms with van der Waals surface area (Å²) in [6.07, 6.45) is -3.27. The molecule has 1 aliphatic carbocycles. The lowest BCUT2D eigenvalue weighted by atomic mass is 9.80. The Morgan fingerprint density at radius 2 is 2.08 bits per heavy atom. The first-order valence-corrected chi connectivity index (χ1v) is 12.7. The number of hydrogen-bond acceptors (Lipinski definition) is 7. The number of methoxy groups -OCH3 is 1. The second kappa shape index (κ2) is 10.2. The lowest BCUT2D eigenvalue weighted by molar-refractivity contribution is -0.146. The first-order valence-electron chi connectivity index (χ1n) is 12.7. The number of aromatic nitrogens is 2. The van der Waals surface area contributed by atoms with E-state index in [1.54, 1.807) is 16.9 Å². The average molecular weight is 534 g/mol. The third-order valence-corrected chi connectivity index (χ3v) is 8.37. The summed E-state index contributed by atoms with van der Waals surface area (Å²) < 4.78 is 77.8. The number of piperazine rings is 1. The maximum Gasteiger partial charge on any atom is 0.434 e. The minimum absolute atomic E-state index is 0.0335. The zero-order chi connectivity index (χ0) is 26.4. The van der Waals surface area contributed by atoms with Gasteiger partial charge in [0.15, 0.2) is 5.69 Å². The molecule has 13 heteroatoms. The van der Waals surface area contributed by atoms with Crippen LogP contribution in [-0.4, -0.2) is 90.9 Å². The van der Waals surface area contributed by atoms with Crippen LogP contribution in [0, 0.1) is 5.41 Å². The molecule has 37 heavy (non-hydrogen) atoms. The molecule has 6 atom stereocenters. The zero-order valence-electron chi connectivity index (χ0n) is 20.6. The van der Waals surface area contributed by atoms with Gasteiger partial charge in [-0.25, -0.2) is 13.8 Å². The molecule has 0 aromatic carbocycles. The fourth-order valence-corrected chi connectivity index (χ4v) is 6.60. The summed E-state index contributed by atoms with van der Waals surface area (Å²) in [5, 5.41) is 3.54. The van der Waals surface area contributed by atoms with E-state index in [0.29, 0.717) is 51.6 Å². The van der Waals surface area contributed by atoms with Gasteiger partial charge in [-0.2, -0.15) is 13.2 Å². The topological polar surface area (TPSA) is 79.8 Å². The quantitative estimate of drug-likeness (QED) is 0.540. The molecule has 2 bridgehead atoms. The summed E-state index contributed by atoms with van der Waals surface area (Å²) in [4.78, 5) is 24.7. The molecule has 1 saturated carbocycles. The molecule has 1 N–H and O–H groups in total. The smallest absolute Gasteiger partial charge is 0.379 e. The van der Waals surface area contributed by atoms with Crippen molar-refractivity contribution in [2.24, 2.45) is 5.41 Å². The van der Waals surface area contributed by atoms with Crippen LogP contribution >= 0.6 is 0 Å². The highest BCUT2D eigenvalue weighted by molar-refractivity contribution is 5.84. The molecule has 3 aliphatic heterocycles. The number of alkyl halides is 5. The summed E-state index contributed by atoms with van der Waals surface area (Å²) in [7, 11) is 1.62. The van der Waals surface area contributed by atoms with Gasteiger partial charge in [0.2, 0.25) is 12.3 Å². The van der Waals surface area contributed by atoms with E-state index in [1.807, 2.05) is 0 Å². The van der Waals surface area contributed by atoms with E-state index in [0.717, 1.165) is 6.42 Å². The van der Waals surface area contributed by atoms with Crippen molar-refractivity contribution < 1.29 is 36.2 Å². The summed E-state index contributed by atoms with van der Waals surface area (Å²) >= 11 is 0. The molecule has 4 fully saturated rings. The highest BCUT2D eigenvalue weighted by Crippen LogP contribution is 2.47. The van der Waals surface area contributed by atoms with Gasteiger partial charge in [0.1, 0.15) is 5.82 Å². The lowest BCUT2D eigenvalue weighted by Gasteiger charge is -2.40. The van der Waals surface area contributed by atoms with Crippen LogP contribution in [0.3, 0.4) is 0 Å². The molecule has 3 saturated heterocycles. The first-order chi connectivity index (χ1) is 17.6. The molecule has 0 radical (unpaired) electrons. The van der Waals surface area contributed by atoms with Crippen LogP contribution in [0.25, 0.3) is 0 Å². The number of nitrogens with one attached hydrogen (secondary N) is 1. The Bertz CT molecular complexity index is 984. The molecule has 1 aromatic heterocycles. The van der Waals surface area contributed by atoms with Crippen molar-refractivity contribution in [2.45, 2.75) is 81.4 Å². The van der Waals surface area contributed by atoms with E-state index in [2.05, 4.69) is 15.3 Å². The second-order valence-corrected chi connectivity index (χ2v) is 10.6. The molecule has 8 nitrogen and oxygen atoms in total. The predicted octanol–water partition coefficient (Wildman–Crippen LogP) is 2.87. The maximum absolute atomic E-state index is 13.8. The molecule has 0 spiro atoms. The fourth-order valence-electron chi connectivity index (χ4n) is 6.60. The minimum atomic E-state index is -4.60. The minimum Gasteiger partial charge on any atom is -0.379 e. The van der Waals surface area contributed by atoms with Crippen molar-refractivity contribution in [1.29, 1.82) is 0 Å². The van der Waals surface area contributed by atoms with Gasteiger partial charge in [-0.3, -0.25) is 9.78 Å². The van der Waals surface area contributed by atoms with Crippen LogP contribution in [0.1, 0.15) is 44.2 Å². The summed E-state index contributed by atoms with van der Waals surface area (Å²) in [6.45, 7) is 1.63. The van der Waals surface area contributed by atoms with Gasteiger partial charge < -0.3 is 24.6 Å². The van der Waals surface area contributed by atoms with E-state index in [-0.39, 0.29) is 48.5 Å². The van der Waals surface area contributed by atoms with E-state index in [1.165, 1.54) is 6.20 Å². The third kappa shape index (κ3) is 5.26. The number of amides is 1. The molecule has 0 unspecified atom stereocenters. The second-order valence-electron chi connectivity index (χ2n) is 10.6. The van der Waals surface area contributed by atoms with Crippen LogP contribution in [0.5, 0.6) is 0 Å². The van der Waals surface area contributed by atoms with E-state index in [4.69, 9.17) is 9.47 Å². The molecule has 5 rings (SSSR count). The highest BCUT2D eigenvalue weighted by atomic mass is 19.4. The van der Waals surface area contributed by atoms with Crippen LogP contribution in [0.15, 0.2) is 12.4 Å². The number of anilines is 1. The Balaban J connectivity index is 1.27. The Kier molecular flexibility index (Phi) is 7.31. The van der Waals surface area contributed by atoms with Gasteiger partial charge >= 0.3 is 6.18 Å². The Morgan fingerprint density at radius 1 is 1.27 bits per heavy atom.